The smallest absolute Gasteiger partial charge is 0.329 e. The molecule has 5 rings (SSSR count). The summed E-state index contributed by atoms with van der Waals surface area (Å²) in [5, 5.41) is 3.31. The number of piperidine rings is 1. The number of fused-ring (bicyclic) bond motifs is 1. The minimum absolute atomic E-state index is 0.0419. The molecule has 4 heterocycles. The van der Waals surface area contributed by atoms with Crippen molar-refractivity contribution < 1.29 is 0 Å². The molecule has 2 fully saturated rings. The van der Waals surface area contributed by atoms with E-state index in [1.807, 2.05) is 23.7 Å². The molecule has 1 aliphatic heterocycles. The Kier molecular flexibility index (Phi) is 4.69. The van der Waals surface area contributed by atoms with E-state index in [2.05, 4.69) is 25.2 Å². The van der Waals surface area contributed by atoms with Crippen LogP contribution >= 0.6 is 0 Å². The van der Waals surface area contributed by atoms with Gasteiger partial charge in [-0.25, -0.2) is 14.8 Å². The highest BCUT2D eigenvalue weighted by molar-refractivity contribution is 5.79. The molecule has 1 aliphatic carbocycles. The number of nitrogens with zero attached hydrogens (tertiary/aromatic N) is 6. The van der Waals surface area contributed by atoms with Crippen molar-refractivity contribution in [1.29, 1.82) is 0 Å². The first-order valence-corrected chi connectivity index (χ1v) is 10.6. The highest BCUT2D eigenvalue weighted by Crippen LogP contribution is 2.31. The van der Waals surface area contributed by atoms with Crippen LogP contribution in [-0.4, -0.2) is 37.2 Å². The van der Waals surface area contributed by atoms with E-state index in [1.165, 1.54) is 32.1 Å². The topological polar surface area (TPSA) is 80.9 Å². The number of aryl methyl sites for hydroxylation is 1. The van der Waals surface area contributed by atoms with Crippen LogP contribution in [0.4, 0.5) is 17.6 Å². The predicted molar refractivity (Wildman–Crippen MR) is 114 cm³/mol. The number of rotatable bonds is 4. The van der Waals surface area contributed by atoms with Gasteiger partial charge in [-0.15, -0.1) is 0 Å². The van der Waals surface area contributed by atoms with Crippen molar-refractivity contribution in [3.8, 4) is 0 Å². The maximum absolute atomic E-state index is 12.8. The largest absolute Gasteiger partial charge is 0.341 e. The van der Waals surface area contributed by atoms with E-state index in [9.17, 15) is 4.79 Å². The van der Waals surface area contributed by atoms with Gasteiger partial charge in [-0.1, -0.05) is 12.8 Å². The van der Waals surface area contributed by atoms with Crippen LogP contribution in [0.1, 0.15) is 51.0 Å². The summed E-state index contributed by atoms with van der Waals surface area (Å²) < 4.78 is 3.65. The summed E-state index contributed by atoms with van der Waals surface area (Å²) in [7, 11) is 1.82. The average molecular weight is 393 g/mol. The van der Waals surface area contributed by atoms with Crippen molar-refractivity contribution in [1.82, 2.24) is 24.1 Å². The molecule has 1 saturated heterocycles. The van der Waals surface area contributed by atoms with E-state index in [1.54, 1.807) is 17.0 Å². The van der Waals surface area contributed by atoms with E-state index in [-0.39, 0.29) is 11.7 Å². The lowest BCUT2D eigenvalue weighted by molar-refractivity contribution is 0.509. The number of nitrogens with one attached hydrogen (secondary N) is 1. The Bertz CT molecular complexity index is 1070. The minimum Gasteiger partial charge on any atom is -0.341 e. The summed E-state index contributed by atoms with van der Waals surface area (Å²) in [4.78, 5) is 28.7. The zero-order valence-corrected chi connectivity index (χ0v) is 16.8. The fourth-order valence-electron chi connectivity index (χ4n) is 4.64. The maximum Gasteiger partial charge on any atom is 0.329 e. The van der Waals surface area contributed by atoms with Gasteiger partial charge in [0.1, 0.15) is 11.6 Å². The SMILES string of the molecule is Cn1c(=O)n(C2CCCC2)c2cc(Nc3ccnc(N4CCCCC4)n3)ncc21. The van der Waals surface area contributed by atoms with Gasteiger partial charge in [-0.05, 0) is 38.2 Å². The molecule has 0 unspecified atom stereocenters. The molecule has 0 spiro atoms. The number of hydrogen-bond donors (Lipinski definition) is 1. The Labute approximate surface area is 169 Å². The van der Waals surface area contributed by atoms with E-state index in [0.717, 1.165) is 48.7 Å². The van der Waals surface area contributed by atoms with Crippen LogP contribution in [0.2, 0.25) is 0 Å². The standard InChI is InChI=1S/C21H27N7O/c1-26-17-14-23-19(13-16(17)28(21(26)29)15-7-3-4-8-15)24-18-9-10-22-20(25-18)27-11-5-2-6-12-27/h9-10,13-15H,2-8,11-12H2,1H3,(H,22,23,24,25). The quantitative estimate of drug-likeness (QED) is 0.732. The second-order valence-corrected chi connectivity index (χ2v) is 8.12. The van der Waals surface area contributed by atoms with Crippen LogP contribution in [0.3, 0.4) is 0 Å². The molecular formula is C21H27N7O. The van der Waals surface area contributed by atoms with Gasteiger partial charge in [0.2, 0.25) is 5.95 Å². The third-order valence-corrected chi connectivity index (χ3v) is 6.20. The summed E-state index contributed by atoms with van der Waals surface area (Å²) in [6, 6.07) is 4.11. The molecular weight excluding hydrogens is 366 g/mol. The number of anilines is 3. The Morgan fingerprint density at radius 1 is 1.00 bits per heavy atom. The van der Waals surface area contributed by atoms with Crippen LogP contribution in [0.25, 0.3) is 11.0 Å². The third kappa shape index (κ3) is 3.36. The van der Waals surface area contributed by atoms with Crippen LogP contribution < -0.4 is 15.9 Å². The van der Waals surface area contributed by atoms with Crippen molar-refractivity contribution in [2.45, 2.75) is 51.0 Å². The molecule has 1 saturated carbocycles. The lowest BCUT2D eigenvalue weighted by Gasteiger charge is -2.26. The minimum atomic E-state index is 0.0419. The Morgan fingerprint density at radius 2 is 1.79 bits per heavy atom. The summed E-state index contributed by atoms with van der Waals surface area (Å²) in [5.74, 6) is 2.18. The maximum atomic E-state index is 12.8. The molecule has 8 nitrogen and oxygen atoms in total. The predicted octanol–water partition coefficient (Wildman–Crippen LogP) is 3.37. The number of hydrogen-bond acceptors (Lipinski definition) is 6. The molecule has 3 aromatic rings. The van der Waals surface area contributed by atoms with E-state index in [0.29, 0.717) is 5.82 Å². The highest BCUT2D eigenvalue weighted by Gasteiger charge is 2.23. The van der Waals surface area contributed by atoms with Gasteiger partial charge in [0, 0.05) is 38.4 Å². The fourth-order valence-corrected chi connectivity index (χ4v) is 4.64. The van der Waals surface area contributed by atoms with Gasteiger partial charge in [-0.2, -0.15) is 4.98 Å². The molecule has 0 bridgehead atoms. The van der Waals surface area contributed by atoms with Gasteiger partial charge < -0.3 is 10.2 Å². The van der Waals surface area contributed by atoms with Gasteiger partial charge >= 0.3 is 5.69 Å². The molecule has 0 atom stereocenters. The first-order valence-electron chi connectivity index (χ1n) is 10.6. The zero-order chi connectivity index (χ0) is 19.8. The number of aromatic nitrogens is 5. The third-order valence-electron chi connectivity index (χ3n) is 6.20. The lowest BCUT2D eigenvalue weighted by atomic mass is 10.1. The number of imidazole rings is 1. The number of pyridine rings is 1. The van der Waals surface area contributed by atoms with Crippen molar-refractivity contribution >= 4 is 28.6 Å². The van der Waals surface area contributed by atoms with Crippen molar-refractivity contribution in [2.24, 2.45) is 7.05 Å². The van der Waals surface area contributed by atoms with E-state index in [4.69, 9.17) is 0 Å². The lowest BCUT2D eigenvalue weighted by Crippen LogP contribution is -2.31. The van der Waals surface area contributed by atoms with Crippen LogP contribution in [-0.2, 0) is 7.05 Å². The molecule has 0 radical (unpaired) electrons. The Morgan fingerprint density at radius 3 is 2.59 bits per heavy atom. The van der Waals surface area contributed by atoms with Crippen molar-refractivity contribution in [2.75, 3.05) is 23.3 Å². The van der Waals surface area contributed by atoms with Gasteiger partial charge in [0.15, 0.2) is 0 Å². The first kappa shape index (κ1) is 18.1. The van der Waals surface area contributed by atoms with E-state index < -0.39 is 0 Å². The Balaban J connectivity index is 1.46. The monoisotopic (exact) mass is 393 g/mol. The van der Waals surface area contributed by atoms with Gasteiger partial charge in [-0.3, -0.25) is 9.13 Å². The molecule has 1 N–H and O–H groups in total. The molecule has 2 aliphatic rings. The fraction of sp³-hybridized carbons (Fsp3) is 0.524. The van der Waals surface area contributed by atoms with Crippen LogP contribution in [0.5, 0.6) is 0 Å². The molecule has 0 amide bonds. The van der Waals surface area contributed by atoms with Crippen molar-refractivity contribution in [3.05, 3.63) is 35.0 Å². The van der Waals surface area contributed by atoms with Crippen LogP contribution in [0, 0.1) is 0 Å². The summed E-state index contributed by atoms with van der Waals surface area (Å²) in [5.41, 5.74) is 1.84. The first-order chi connectivity index (χ1) is 14.2. The molecule has 152 valence electrons. The average Bonchev–Trinajstić information content (AvgIpc) is 3.36. The van der Waals surface area contributed by atoms with Crippen LogP contribution in [0.15, 0.2) is 29.3 Å². The molecule has 0 aromatic carbocycles. The molecule has 8 heteroatoms. The van der Waals surface area contributed by atoms with E-state index >= 15 is 0 Å². The highest BCUT2D eigenvalue weighted by atomic mass is 16.1. The zero-order valence-electron chi connectivity index (χ0n) is 16.8. The summed E-state index contributed by atoms with van der Waals surface area (Å²) >= 11 is 0. The molecule has 29 heavy (non-hydrogen) atoms. The van der Waals surface area contributed by atoms with Crippen molar-refractivity contribution in [3.63, 3.8) is 0 Å². The second kappa shape index (κ2) is 7.50. The summed E-state index contributed by atoms with van der Waals surface area (Å²) in [6.07, 6.45) is 11.7. The second-order valence-electron chi connectivity index (χ2n) is 8.12. The molecule has 3 aromatic heterocycles. The van der Waals surface area contributed by atoms with Gasteiger partial charge in [0.25, 0.3) is 0 Å². The van der Waals surface area contributed by atoms with Gasteiger partial charge in [0.05, 0.1) is 17.2 Å². The normalized spacial score (nSPS) is 17.9. The summed E-state index contributed by atoms with van der Waals surface area (Å²) in [6.45, 7) is 2.01. The Hall–Kier alpha value is -2.90.